The molecule has 0 atom stereocenters. The lowest BCUT2D eigenvalue weighted by Crippen LogP contribution is -2.05. The Kier molecular flexibility index (Phi) is 4.05. The minimum Gasteiger partial charge on any atom is -0.487 e. The topological polar surface area (TPSA) is 57.3 Å². The molecule has 0 spiro atoms. The third kappa shape index (κ3) is 2.93. The SMILES string of the molecule is CCn1nccc1COc1ccc(-c2ccc(C=O)o2)cc1. The van der Waals surface area contributed by atoms with Crippen LogP contribution in [0.1, 0.15) is 23.2 Å². The van der Waals surface area contributed by atoms with Gasteiger partial charge in [-0.1, -0.05) is 0 Å². The largest absolute Gasteiger partial charge is 0.487 e. The fourth-order valence-electron chi connectivity index (χ4n) is 2.21. The number of hydrogen-bond acceptors (Lipinski definition) is 4. The number of carbonyl (C=O) groups is 1. The van der Waals surface area contributed by atoms with Crippen LogP contribution >= 0.6 is 0 Å². The van der Waals surface area contributed by atoms with Gasteiger partial charge >= 0.3 is 0 Å². The quantitative estimate of drug-likeness (QED) is 0.653. The van der Waals surface area contributed by atoms with E-state index in [1.807, 2.05) is 41.9 Å². The normalized spacial score (nSPS) is 10.6. The summed E-state index contributed by atoms with van der Waals surface area (Å²) in [6.45, 7) is 3.34. The van der Waals surface area contributed by atoms with Crippen LogP contribution in [0.4, 0.5) is 0 Å². The molecular formula is C17H16N2O3. The molecule has 0 radical (unpaired) electrons. The van der Waals surface area contributed by atoms with Crippen molar-refractivity contribution in [3.05, 3.63) is 60.1 Å². The minimum atomic E-state index is 0.322. The van der Waals surface area contributed by atoms with Crippen molar-refractivity contribution in [2.75, 3.05) is 0 Å². The smallest absolute Gasteiger partial charge is 0.185 e. The summed E-state index contributed by atoms with van der Waals surface area (Å²) in [4.78, 5) is 10.6. The van der Waals surface area contributed by atoms with Crippen molar-refractivity contribution in [1.82, 2.24) is 9.78 Å². The van der Waals surface area contributed by atoms with E-state index in [1.165, 1.54) is 0 Å². The van der Waals surface area contributed by atoms with Gasteiger partial charge in [-0.25, -0.2) is 0 Å². The number of aryl methyl sites for hydroxylation is 1. The highest BCUT2D eigenvalue weighted by atomic mass is 16.5. The maximum absolute atomic E-state index is 10.6. The number of benzene rings is 1. The van der Waals surface area contributed by atoms with Crippen molar-refractivity contribution in [1.29, 1.82) is 0 Å². The first-order chi connectivity index (χ1) is 10.8. The van der Waals surface area contributed by atoms with E-state index in [-0.39, 0.29) is 0 Å². The van der Waals surface area contributed by atoms with Gasteiger partial charge in [-0.3, -0.25) is 9.48 Å². The van der Waals surface area contributed by atoms with E-state index in [4.69, 9.17) is 9.15 Å². The van der Waals surface area contributed by atoms with Crippen molar-refractivity contribution in [3.63, 3.8) is 0 Å². The molecule has 2 heterocycles. The van der Waals surface area contributed by atoms with Gasteiger partial charge in [-0.05, 0) is 49.4 Å². The maximum Gasteiger partial charge on any atom is 0.185 e. The number of carbonyl (C=O) groups excluding carboxylic acids is 1. The van der Waals surface area contributed by atoms with Crippen molar-refractivity contribution < 1.29 is 13.9 Å². The van der Waals surface area contributed by atoms with Gasteiger partial charge in [0.2, 0.25) is 0 Å². The number of nitrogens with zero attached hydrogens (tertiary/aromatic N) is 2. The Labute approximate surface area is 128 Å². The molecular weight excluding hydrogens is 280 g/mol. The Bertz CT molecular complexity index is 756. The van der Waals surface area contributed by atoms with Gasteiger partial charge in [0.1, 0.15) is 18.1 Å². The summed E-state index contributed by atoms with van der Waals surface area (Å²) in [6.07, 6.45) is 2.46. The molecule has 1 aromatic carbocycles. The van der Waals surface area contributed by atoms with Gasteiger partial charge in [0.05, 0.1) is 5.69 Å². The van der Waals surface area contributed by atoms with Gasteiger partial charge in [0.25, 0.3) is 0 Å². The van der Waals surface area contributed by atoms with E-state index >= 15 is 0 Å². The average molecular weight is 296 g/mol. The molecule has 3 rings (SSSR count). The lowest BCUT2D eigenvalue weighted by atomic mass is 10.2. The van der Waals surface area contributed by atoms with Gasteiger partial charge in [-0.2, -0.15) is 5.10 Å². The van der Waals surface area contributed by atoms with E-state index in [0.29, 0.717) is 24.4 Å². The first kappa shape index (κ1) is 14.1. The molecule has 5 nitrogen and oxygen atoms in total. The highest BCUT2D eigenvalue weighted by molar-refractivity contribution is 5.72. The predicted octanol–water partition coefficient (Wildman–Crippen LogP) is 3.55. The van der Waals surface area contributed by atoms with Crippen LogP contribution in [0.25, 0.3) is 11.3 Å². The van der Waals surface area contributed by atoms with Crippen LogP contribution in [0.2, 0.25) is 0 Å². The molecule has 0 saturated carbocycles. The van der Waals surface area contributed by atoms with Crippen LogP contribution in [-0.4, -0.2) is 16.1 Å². The van der Waals surface area contributed by atoms with Crippen molar-refractivity contribution >= 4 is 6.29 Å². The molecule has 0 aliphatic rings. The summed E-state index contributed by atoms with van der Waals surface area (Å²) in [5.41, 5.74) is 1.94. The summed E-state index contributed by atoms with van der Waals surface area (Å²) >= 11 is 0. The zero-order chi connectivity index (χ0) is 15.4. The summed E-state index contributed by atoms with van der Waals surface area (Å²) in [5.74, 6) is 1.76. The first-order valence-corrected chi connectivity index (χ1v) is 7.09. The minimum absolute atomic E-state index is 0.322. The van der Waals surface area contributed by atoms with Gasteiger partial charge in [0, 0.05) is 18.3 Å². The zero-order valence-electron chi connectivity index (χ0n) is 12.2. The number of furan rings is 1. The van der Waals surface area contributed by atoms with E-state index in [1.54, 1.807) is 18.3 Å². The summed E-state index contributed by atoms with van der Waals surface area (Å²) in [7, 11) is 0. The van der Waals surface area contributed by atoms with E-state index < -0.39 is 0 Å². The lowest BCUT2D eigenvalue weighted by molar-refractivity contribution is 0.110. The molecule has 0 unspecified atom stereocenters. The third-order valence-electron chi connectivity index (χ3n) is 3.37. The number of rotatable bonds is 6. The number of hydrogen-bond donors (Lipinski definition) is 0. The second-order valence-corrected chi connectivity index (χ2v) is 4.77. The fourth-order valence-corrected chi connectivity index (χ4v) is 2.21. The molecule has 112 valence electrons. The molecule has 3 aromatic rings. The molecule has 2 aromatic heterocycles. The van der Waals surface area contributed by atoms with Crippen LogP contribution in [0.15, 0.2) is 53.1 Å². The molecule has 0 bridgehead atoms. The highest BCUT2D eigenvalue weighted by Gasteiger charge is 2.05. The van der Waals surface area contributed by atoms with Crippen LogP contribution in [0, 0.1) is 0 Å². The van der Waals surface area contributed by atoms with Crippen LogP contribution in [0.3, 0.4) is 0 Å². The summed E-state index contributed by atoms with van der Waals surface area (Å²) < 4.78 is 13.1. The van der Waals surface area contributed by atoms with Gasteiger partial charge in [-0.15, -0.1) is 0 Å². The Morgan fingerprint density at radius 1 is 1.18 bits per heavy atom. The maximum atomic E-state index is 10.6. The van der Waals surface area contributed by atoms with E-state index in [9.17, 15) is 4.79 Å². The Morgan fingerprint density at radius 2 is 2.00 bits per heavy atom. The molecule has 0 N–H and O–H groups in total. The average Bonchev–Trinajstić information content (AvgIpc) is 3.22. The number of aromatic nitrogens is 2. The zero-order valence-corrected chi connectivity index (χ0v) is 12.2. The Balaban J connectivity index is 1.67. The summed E-state index contributed by atoms with van der Waals surface area (Å²) in [5, 5.41) is 4.21. The van der Waals surface area contributed by atoms with Crippen molar-refractivity contribution in [3.8, 4) is 17.1 Å². The third-order valence-corrected chi connectivity index (χ3v) is 3.37. The molecule has 0 aliphatic heterocycles. The highest BCUT2D eigenvalue weighted by Crippen LogP contribution is 2.24. The van der Waals surface area contributed by atoms with Crippen molar-refractivity contribution in [2.24, 2.45) is 0 Å². The molecule has 22 heavy (non-hydrogen) atoms. The van der Waals surface area contributed by atoms with Gasteiger partial charge in [0.15, 0.2) is 12.0 Å². The molecule has 0 aliphatic carbocycles. The van der Waals surface area contributed by atoms with Gasteiger partial charge < -0.3 is 9.15 Å². The molecule has 5 heteroatoms. The van der Waals surface area contributed by atoms with E-state index in [2.05, 4.69) is 5.10 Å². The summed E-state index contributed by atoms with van der Waals surface area (Å²) in [6, 6.07) is 12.9. The number of aldehydes is 1. The lowest BCUT2D eigenvalue weighted by Gasteiger charge is -2.08. The van der Waals surface area contributed by atoms with Crippen molar-refractivity contribution in [2.45, 2.75) is 20.1 Å². The second kappa shape index (κ2) is 6.30. The Hall–Kier alpha value is -2.82. The predicted molar refractivity (Wildman–Crippen MR) is 81.8 cm³/mol. The monoisotopic (exact) mass is 296 g/mol. The standard InChI is InChI=1S/C17H16N2O3/c1-2-19-14(9-10-18-19)12-21-15-5-3-13(4-6-15)17-8-7-16(11-20)22-17/h3-11H,2,12H2,1H3. The van der Waals surface area contributed by atoms with Crippen LogP contribution in [-0.2, 0) is 13.2 Å². The molecule has 0 amide bonds. The van der Waals surface area contributed by atoms with Crippen LogP contribution < -0.4 is 4.74 Å². The first-order valence-electron chi connectivity index (χ1n) is 7.09. The Morgan fingerprint density at radius 3 is 2.68 bits per heavy atom. The van der Waals surface area contributed by atoms with Crippen LogP contribution in [0.5, 0.6) is 5.75 Å². The molecule has 0 saturated heterocycles. The number of ether oxygens (including phenoxy) is 1. The fraction of sp³-hybridized carbons (Fsp3) is 0.176. The molecule has 0 fully saturated rings. The second-order valence-electron chi connectivity index (χ2n) is 4.77. The van der Waals surface area contributed by atoms with E-state index in [0.717, 1.165) is 23.6 Å².